The number of anilines is 1. The lowest BCUT2D eigenvalue weighted by Gasteiger charge is -2.35. The number of hydrogen-bond acceptors (Lipinski definition) is 4. The molecular weight excluding hydrogens is 366 g/mol. The lowest BCUT2D eigenvalue weighted by molar-refractivity contribution is -0.139. The predicted octanol–water partition coefficient (Wildman–Crippen LogP) is 2.39. The topological polar surface area (TPSA) is 61.9 Å². The molecule has 0 aliphatic carbocycles. The summed E-state index contributed by atoms with van der Waals surface area (Å²) in [6.07, 6.45) is 0.208. The summed E-state index contributed by atoms with van der Waals surface area (Å²) >= 11 is 0. The van der Waals surface area contributed by atoms with Crippen LogP contribution in [0.1, 0.15) is 16.7 Å². The van der Waals surface area contributed by atoms with Crippen molar-refractivity contribution in [2.75, 3.05) is 38.0 Å². The quantitative estimate of drug-likeness (QED) is 0.867. The van der Waals surface area contributed by atoms with Gasteiger partial charge in [0.15, 0.2) is 6.10 Å². The van der Waals surface area contributed by atoms with Crippen molar-refractivity contribution in [2.45, 2.75) is 26.4 Å². The number of rotatable bonds is 4. The molecule has 1 fully saturated rings. The minimum absolute atomic E-state index is 0.0169. The number of benzene rings is 2. The van der Waals surface area contributed by atoms with E-state index in [1.807, 2.05) is 61.2 Å². The summed E-state index contributed by atoms with van der Waals surface area (Å²) in [7, 11) is 0. The van der Waals surface area contributed by atoms with E-state index in [-0.39, 0.29) is 11.8 Å². The summed E-state index contributed by atoms with van der Waals surface area (Å²) in [6, 6.07) is 13.8. The number of carbonyl (C=O) groups is 2. The third-order valence-corrected chi connectivity index (χ3v) is 5.72. The molecule has 0 unspecified atom stereocenters. The molecule has 6 nitrogen and oxygen atoms in total. The molecule has 0 saturated carbocycles. The van der Waals surface area contributed by atoms with Crippen molar-refractivity contribution in [3.05, 3.63) is 59.2 Å². The Morgan fingerprint density at radius 1 is 1.00 bits per heavy atom. The average Bonchev–Trinajstić information content (AvgIpc) is 3.15. The Morgan fingerprint density at radius 2 is 1.69 bits per heavy atom. The van der Waals surface area contributed by atoms with Gasteiger partial charge in [0.1, 0.15) is 5.75 Å². The molecule has 2 aromatic carbocycles. The van der Waals surface area contributed by atoms with Crippen LogP contribution < -0.4 is 10.1 Å². The molecule has 152 valence electrons. The Hall–Kier alpha value is -2.86. The van der Waals surface area contributed by atoms with Crippen molar-refractivity contribution in [1.29, 1.82) is 0 Å². The van der Waals surface area contributed by atoms with Crippen molar-refractivity contribution in [3.8, 4) is 5.75 Å². The van der Waals surface area contributed by atoms with Gasteiger partial charge in [0.2, 0.25) is 5.91 Å². The number of ether oxygens (including phenoxy) is 1. The normalized spacial score (nSPS) is 18.8. The fourth-order valence-electron chi connectivity index (χ4n) is 4.04. The highest BCUT2D eigenvalue weighted by Crippen LogP contribution is 2.29. The minimum Gasteiger partial charge on any atom is -0.480 e. The third kappa shape index (κ3) is 4.27. The Bertz CT molecular complexity index is 874. The second-order valence-electron chi connectivity index (χ2n) is 7.83. The minimum atomic E-state index is -0.425. The van der Waals surface area contributed by atoms with Crippen molar-refractivity contribution in [3.63, 3.8) is 0 Å². The van der Waals surface area contributed by atoms with E-state index in [2.05, 4.69) is 10.2 Å². The molecule has 4 rings (SSSR count). The summed E-state index contributed by atoms with van der Waals surface area (Å²) in [4.78, 5) is 29.3. The summed E-state index contributed by atoms with van der Waals surface area (Å²) in [6.45, 7) is 6.93. The van der Waals surface area contributed by atoms with E-state index in [0.29, 0.717) is 39.1 Å². The largest absolute Gasteiger partial charge is 0.480 e. The standard InChI is InChI=1S/C23H27N3O3/c1-16-6-5-7-17(2)22(16)24-21(27)15-25-10-12-26(13-11-25)23(28)20-14-18-8-3-4-9-19(18)29-20/h3-9,20H,10-15H2,1-2H3,(H,24,27)/t20-/m0/s1. The Labute approximate surface area is 171 Å². The van der Waals surface area contributed by atoms with Crippen LogP contribution in [-0.4, -0.2) is 60.4 Å². The highest BCUT2D eigenvalue weighted by Gasteiger charge is 2.33. The number of nitrogens with one attached hydrogen (secondary N) is 1. The average molecular weight is 393 g/mol. The third-order valence-electron chi connectivity index (χ3n) is 5.72. The molecule has 1 N–H and O–H groups in total. The van der Waals surface area contributed by atoms with Crippen molar-refractivity contribution in [1.82, 2.24) is 9.80 Å². The van der Waals surface area contributed by atoms with Gasteiger partial charge in [-0.3, -0.25) is 14.5 Å². The van der Waals surface area contributed by atoms with E-state index in [1.54, 1.807) is 0 Å². The molecule has 29 heavy (non-hydrogen) atoms. The van der Waals surface area contributed by atoms with Gasteiger partial charge in [0.05, 0.1) is 6.54 Å². The van der Waals surface area contributed by atoms with E-state index < -0.39 is 6.10 Å². The number of fused-ring (bicyclic) bond motifs is 1. The van der Waals surface area contributed by atoms with E-state index >= 15 is 0 Å². The van der Waals surface area contributed by atoms with Gasteiger partial charge >= 0.3 is 0 Å². The second kappa shape index (κ2) is 8.25. The molecule has 0 radical (unpaired) electrons. The lowest BCUT2D eigenvalue weighted by atomic mass is 10.1. The first-order valence-corrected chi connectivity index (χ1v) is 10.1. The molecule has 1 saturated heterocycles. The first-order valence-electron chi connectivity index (χ1n) is 10.1. The molecular formula is C23H27N3O3. The lowest BCUT2D eigenvalue weighted by Crippen LogP contribution is -2.53. The monoisotopic (exact) mass is 393 g/mol. The van der Waals surface area contributed by atoms with Crippen LogP contribution in [-0.2, 0) is 16.0 Å². The van der Waals surface area contributed by atoms with E-state index in [0.717, 1.165) is 28.1 Å². The summed E-state index contributed by atoms with van der Waals surface area (Å²) in [5.74, 6) is 0.838. The zero-order valence-electron chi connectivity index (χ0n) is 17.0. The van der Waals surface area contributed by atoms with Crippen LogP contribution in [0.2, 0.25) is 0 Å². The highest BCUT2D eigenvalue weighted by atomic mass is 16.5. The molecule has 0 spiro atoms. The first-order chi connectivity index (χ1) is 14.0. The molecule has 2 heterocycles. The Morgan fingerprint density at radius 3 is 2.38 bits per heavy atom. The van der Waals surface area contributed by atoms with Crippen LogP contribution in [0.5, 0.6) is 5.75 Å². The number of nitrogens with zero attached hydrogens (tertiary/aromatic N) is 2. The Kier molecular flexibility index (Phi) is 5.53. The van der Waals surface area contributed by atoms with Crippen LogP contribution in [0.3, 0.4) is 0 Å². The predicted molar refractivity (Wildman–Crippen MR) is 112 cm³/mol. The number of para-hydroxylation sites is 2. The van der Waals surface area contributed by atoms with Crippen molar-refractivity contribution in [2.24, 2.45) is 0 Å². The van der Waals surface area contributed by atoms with Gasteiger partial charge in [0.25, 0.3) is 5.91 Å². The van der Waals surface area contributed by atoms with Gasteiger partial charge < -0.3 is 15.0 Å². The zero-order valence-corrected chi connectivity index (χ0v) is 17.0. The maximum atomic E-state index is 12.8. The van der Waals surface area contributed by atoms with Crippen LogP contribution in [0.15, 0.2) is 42.5 Å². The van der Waals surface area contributed by atoms with E-state index in [1.165, 1.54) is 0 Å². The van der Waals surface area contributed by atoms with Crippen molar-refractivity contribution < 1.29 is 14.3 Å². The number of piperazine rings is 1. The maximum Gasteiger partial charge on any atom is 0.264 e. The van der Waals surface area contributed by atoms with Gasteiger partial charge in [-0.1, -0.05) is 36.4 Å². The zero-order chi connectivity index (χ0) is 20.4. The van der Waals surface area contributed by atoms with Gasteiger partial charge in [-0.25, -0.2) is 0 Å². The number of hydrogen-bond donors (Lipinski definition) is 1. The molecule has 2 aliphatic rings. The molecule has 6 heteroatoms. The van der Waals surface area contributed by atoms with Gasteiger partial charge in [-0.15, -0.1) is 0 Å². The summed E-state index contributed by atoms with van der Waals surface area (Å²) < 4.78 is 5.83. The molecule has 2 aromatic rings. The van der Waals surface area contributed by atoms with Gasteiger partial charge in [-0.2, -0.15) is 0 Å². The molecule has 2 amide bonds. The number of carbonyl (C=O) groups excluding carboxylic acids is 2. The Balaban J connectivity index is 1.26. The fraction of sp³-hybridized carbons (Fsp3) is 0.391. The fourth-order valence-corrected chi connectivity index (χ4v) is 4.04. The summed E-state index contributed by atoms with van der Waals surface area (Å²) in [5.41, 5.74) is 4.11. The molecule has 1 atom stereocenters. The SMILES string of the molecule is Cc1cccc(C)c1NC(=O)CN1CCN(C(=O)[C@@H]2Cc3ccccc3O2)CC1. The van der Waals surface area contributed by atoms with Crippen LogP contribution in [0.25, 0.3) is 0 Å². The molecule has 2 aliphatic heterocycles. The van der Waals surface area contributed by atoms with Crippen LogP contribution in [0.4, 0.5) is 5.69 Å². The van der Waals surface area contributed by atoms with Crippen LogP contribution in [0, 0.1) is 13.8 Å². The number of amides is 2. The van der Waals surface area contributed by atoms with E-state index in [9.17, 15) is 9.59 Å². The number of aryl methyl sites for hydroxylation is 2. The molecule has 0 aromatic heterocycles. The summed E-state index contributed by atoms with van der Waals surface area (Å²) in [5, 5.41) is 3.03. The first kappa shape index (κ1) is 19.5. The smallest absolute Gasteiger partial charge is 0.264 e. The van der Waals surface area contributed by atoms with Crippen molar-refractivity contribution >= 4 is 17.5 Å². The highest BCUT2D eigenvalue weighted by molar-refractivity contribution is 5.93. The van der Waals surface area contributed by atoms with Crippen LogP contribution >= 0.6 is 0 Å². The maximum absolute atomic E-state index is 12.8. The van der Waals surface area contributed by atoms with Gasteiger partial charge in [0, 0.05) is 38.3 Å². The second-order valence-corrected chi connectivity index (χ2v) is 7.83. The van der Waals surface area contributed by atoms with E-state index in [4.69, 9.17) is 4.74 Å². The van der Waals surface area contributed by atoms with Gasteiger partial charge in [-0.05, 0) is 36.6 Å². The molecule has 0 bridgehead atoms.